The summed E-state index contributed by atoms with van der Waals surface area (Å²) in [7, 11) is 0. The van der Waals surface area contributed by atoms with Crippen LogP contribution in [0.15, 0.2) is 24.8 Å². The van der Waals surface area contributed by atoms with E-state index in [1.807, 2.05) is 4.68 Å². The molecular weight excluding hydrogens is 244 g/mol. The van der Waals surface area contributed by atoms with E-state index in [1.54, 1.807) is 18.6 Å². The summed E-state index contributed by atoms with van der Waals surface area (Å²) in [4.78, 5) is 19.4. The third-order valence-corrected chi connectivity index (χ3v) is 3.25. The summed E-state index contributed by atoms with van der Waals surface area (Å²) >= 11 is 0. The molecule has 0 saturated carbocycles. The van der Waals surface area contributed by atoms with Crippen LogP contribution in [0.2, 0.25) is 0 Å². The maximum Gasteiger partial charge on any atom is 0.252 e. The fourth-order valence-electron chi connectivity index (χ4n) is 2.29. The first kappa shape index (κ1) is 11.6. The van der Waals surface area contributed by atoms with Crippen LogP contribution < -0.4 is 11.1 Å². The van der Waals surface area contributed by atoms with Crippen LogP contribution in [0.4, 0.5) is 5.69 Å². The zero-order valence-electron chi connectivity index (χ0n) is 10.3. The largest absolute Gasteiger partial charge is 0.380 e. The average molecular weight is 258 g/mol. The summed E-state index contributed by atoms with van der Waals surface area (Å²) in [6.45, 7) is 0.732. The number of fused-ring (bicyclic) bond motifs is 1. The minimum Gasteiger partial charge on any atom is -0.380 e. The number of hydrogen-bond acceptors (Lipinski definition) is 5. The highest BCUT2D eigenvalue weighted by atomic mass is 16.1. The van der Waals surface area contributed by atoms with Gasteiger partial charge in [0.1, 0.15) is 12.2 Å². The molecule has 0 aromatic carbocycles. The Kier molecular flexibility index (Phi) is 2.86. The Hall–Kier alpha value is -2.44. The molecule has 1 aliphatic heterocycles. The second-order valence-electron chi connectivity index (χ2n) is 4.52. The fourth-order valence-corrected chi connectivity index (χ4v) is 2.29. The number of amides is 1. The molecule has 3 rings (SSSR count). The number of hydrogen-bond donors (Lipinski definition) is 2. The molecule has 0 fully saturated rings. The van der Waals surface area contributed by atoms with E-state index in [-0.39, 0.29) is 6.04 Å². The van der Waals surface area contributed by atoms with Crippen molar-refractivity contribution in [1.82, 2.24) is 19.7 Å². The summed E-state index contributed by atoms with van der Waals surface area (Å²) in [5.74, 6) is 0.524. The van der Waals surface area contributed by atoms with Gasteiger partial charge in [0.15, 0.2) is 0 Å². The van der Waals surface area contributed by atoms with Crippen molar-refractivity contribution >= 4 is 11.6 Å². The van der Waals surface area contributed by atoms with Gasteiger partial charge in [-0.1, -0.05) is 0 Å². The Balaban J connectivity index is 1.78. The van der Waals surface area contributed by atoms with Gasteiger partial charge in [0.2, 0.25) is 0 Å². The van der Waals surface area contributed by atoms with Crippen LogP contribution in [0.25, 0.3) is 0 Å². The van der Waals surface area contributed by atoms with E-state index in [0.717, 1.165) is 30.9 Å². The average Bonchev–Trinajstić information content (AvgIpc) is 2.86. The number of aryl methyl sites for hydroxylation is 1. The van der Waals surface area contributed by atoms with Gasteiger partial charge in [0, 0.05) is 24.9 Å². The second kappa shape index (κ2) is 4.68. The lowest BCUT2D eigenvalue weighted by Crippen LogP contribution is -2.32. The molecule has 19 heavy (non-hydrogen) atoms. The molecule has 0 aliphatic carbocycles. The van der Waals surface area contributed by atoms with Gasteiger partial charge in [-0.3, -0.25) is 9.78 Å². The van der Waals surface area contributed by atoms with E-state index in [9.17, 15) is 4.79 Å². The van der Waals surface area contributed by atoms with Crippen molar-refractivity contribution in [3.63, 3.8) is 0 Å². The summed E-state index contributed by atoms with van der Waals surface area (Å²) in [5.41, 5.74) is 6.46. The second-order valence-corrected chi connectivity index (χ2v) is 4.52. The molecule has 98 valence electrons. The summed E-state index contributed by atoms with van der Waals surface area (Å²) in [6.07, 6.45) is 6.50. The molecule has 1 atom stereocenters. The van der Waals surface area contributed by atoms with Gasteiger partial charge < -0.3 is 11.1 Å². The molecule has 0 saturated heterocycles. The van der Waals surface area contributed by atoms with E-state index in [2.05, 4.69) is 20.4 Å². The molecule has 3 N–H and O–H groups in total. The molecule has 2 aromatic heterocycles. The fraction of sp³-hybridized carbons (Fsp3) is 0.333. The Labute approximate surface area is 109 Å². The first-order valence-electron chi connectivity index (χ1n) is 6.11. The first-order valence-corrected chi connectivity index (χ1v) is 6.11. The number of carbonyl (C=O) groups is 1. The molecule has 7 heteroatoms. The van der Waals surface area contributed by atoms with E-state index in [1.165, 1.54) is 6.20 Å². The molecule has 1 unspecified atom stereocenters. The van der Waals surface area contributed by atoms with Gasteiger partial charge in [0.05, 0.1) is 17.8 Å². The van der Waals surface area contributed by atoms with Crippen LogP contribution in [0, 0.1) is 0 Å². The van der Waals surface area contributed by atoms with Crippen molar-refractivity contribution in [3.05, 3.63) is 36.2 Å². The molecule has 0 spiro atoms. The predicted molar refractivity (Wildman–Crippen MR) is 68.5 cm³/mol. The summed E-state index contributed by atoms with van der Waals surface area (Å²) in [6, 6.07) is 1.96. The number of nitrogens with zero attached hydrogens (tertiary/aromatic N) is 4. The van der Waals surface area contributed by atoms with Gasteiger partial charge in [-0.15, -0.1) is 0 Å². The highest BCUT2D eigenvalue weighted by Crippen LogP contribution is 2.19. The minimum atomic E-state index is -0.479. The number of aromatic nitrogens is 4. The Bertz CT molecular complexity index is 608. The molecule has 1 aliphatic rings. The van der Waals surface area contributed by atoms with Gasteiger partial charge in [-0.25, -0.2) is 9.67 Å². The monoisotopic (exact) mass is 258 g/mol. The summed E-state index contributed by atoms with van der Waals surface area (Å²) < 4.78 is 1.88. The van der Waals surface area contributed by atoms with Gasteiger partial charge in [-0.2, -0.15) is 5.10 Å². The van der Waals surface area contributed by atoms with Crippen LogP contribution in [0.1, 0.15) is 22.6 Å². The first-order chi connectivity index (χ1) is 9.24. The SMILES string of the molecule is NC(=O)c1cnccc1NC1CCc2ncnn2C1. The predicted octanol–water partition coefficient (Wildman–Crippen LogP) is 0.199. The van der Waals surface area contributed by atoms with Crippen molar-refractivity contribution < 1.29 is 4.79 Å². The quantitative estimate of drug-likeness (QED) is 0.819. The molecule has 2 aromatic rings. The van der Waals surface area contributed by atoms with Gasteiger partial charge in [-0.05, 0) is 12.5 Å². The number of nitrogens with one attached hydrogen (secondary N) is 1. The number of rotatable bonds is 3. The van der Waals surface area contributed by atoms with Crippen molar-refractivity contribution in [2.75, 3.05) is 5.32 Å². The number of pyridine rings is 1. The van der Waals surface area contributed by atoms with E-state index < -0.39 is 5.91 Å². The van der Waals surface area contributed by atoms with Gasteiger partial charge >= 0.3 is 0 Å². The van der Waals surface area contributed by atoms with Crippen molar-refractivity contribution in [2.24, 2.45) is 5.73 Å². The van der Waals surface area contributed by atoms with Crippen molar-refractivity contribution in [2.45, 2.75) is 25.4 Å². The van der Waals surface area contributed by atoms with E-state index in [4.69, 9.17) is 5.73 Å². The number of nitrogens with two attached hydrogens (primary N) is 1. The smallest absolute Gasteiger partial charge is 0.252 e. The normalized spacial score (nSPS) is 17.8. The minimum absolute atomic E-state index is 0.203. The molecule has 7 nitrogen and oxygen atoms in total. The Morgan fingerprint density at radius 3 is 3.26 bits per heavy atom. The lowest BCUT2D eigenvalue weighted by Gasteiger charge is -2.25. The molecule has 0 bridgehead atoms. The van der Waals surface area contributed by atoms with Crippen LogP contribution in [-0.2, 0) is 13.0 Å². The van der Waals surface area contributed by atoms with E-state index in [0.29, 0.717) is 5.56 Å². The maximum atomic E-state index is 11.3. The Morgan fingerprint density at radius 1 is 1.53 bits per heavy atom. The molecule has 1 amide bonds. The standard InChI is InChI=1S/C12H14N6O/c13-12(19)9-5-14-4-3-10(9)17-8-1-2-11-15-7-16-18(11)6-8/h3-5,7-8H,1-2,6H2,(H2,13,19)(H,14,17). The van der Waals surface area contributed by atoms with Crippen LogP contribution in [0.3, 0.4) is 0 Å². The van der Waals surface area contributed by atoms with Crippen LogP contribution in [0.5, 0.6) is 0 Å². The molecule has 3 heterocycles. The number of primary amides is 1. The van der Waals surface area contributed by atoms with E-state index >= 15 is 0 Å². The maximum absolute atomic E-state index is 11.3. The van der Waals surface area contributed by atoms with Crippen molar-refractivity contribution in [3.8, 4) is 0 Å². The third kappa shape index (κ3) is 2.26. The van der Waals surface area contributed by atoms with Crippen LogP contribution in [-0.4, -0.2) is 31.7 Å². The number of carbonyl (C=O) groups excluding carboxylic acids is 1. The number of anilines is 1. The topological polar surface area (TPSA) is 98.7 Å². The zero-order chi connectivity index (χ0) is 13.2. The molecular formula is C12H14N6O. The van der Waals surface area contributed by atoms with Crippen molar-refractivity contribution in [1.29, 1.82) is 0 Å². The Morgan fingerprint density at radius 2 is 2.42 bits per heavy atom. The third-order valence-electron chi connectivity index (χ3n) is 3.25. The molecule has 0 radical (unpaired) electrons. The lowest BCUT2D eigenvalue weighted by molar-refractivity contribution is 0.100. The lowest BCUT2D eigenvalue weighted by atomic mass is 10.1. The highest BCUT2D eigenvalue weighted by molar-refractivity contribution is 5.98. The van der Waals surface area contributed by atoms with Crippen LogP contribution >= 0.6 is 0 Å². The highest BCUT2D eigenvalue weighted by Gasteiger charge is 2.20. The van der Waals surface area contributed by atoms with Gasteiger partial charge in [0.25, 0.3) is 5.91 Å². The zero-order valence-corrected chi connectivity index (χ0v) is 10.3. The summed E-state index contributed by atoms with van der Waals surface area (Å²) in [5, 5.41) is 7.50.